The van der Waals surface area contributed by atoms with Crippen molar-refractivity contribution in [3.8, 4) is 5.75 Å². The second-order valence-corrected chi connectivity index (χ2v) is 6.24. The minimum Gasteiger partial charge on any atom is -0.497 e. The van der Waals surface area contributed by atoms with Crippen LogP contribution < -0.4 is 4.74 Å². The summed E-state index contributed by atoms with van der Waals surface area (Å²) in [5.41, 5.74) is -0.293. The van der Waals surface area contributed by atoms with Gasteiger partial charge in [-0.15, -0.1) is 0 Å². The molecule has 2 N–H and O–H groups in total. The van der Waals surface area contributed by atoms with Gasteiger partial charge in [0.05, 0.1) is 7.11 Å². The van der Waals surface area contributed by atoms with Crippen molar-refractivity contribution in [2.24, 2.45) is 0 Å². The van der Waals surface area contributed by atoms with E-state index in [2.05, 4.69) is 0 Å². The Morgan fingerprint density at radius 3 is 2.50 bits per heavy atom. The normalized spacial score (nSPS) is 13.4. The molecule has 0 aliphatic rings. The highest BCUT2D eigenvalue weighted by atomic mass is 32.2. The Morgan fingerprint density at radius 2 is 1.90 bits per heavy atom. The number of hydrogen-bond acceptors (Lipinski definition) is 4. The van der Waals surface area contributed by atoms with Crippen LogP contribution in [0.3, 0.4) is 0 Å². The molecule has 0 heterocycles. The molecule has 0 aliphatic heterocycles. The number of methoxy groups -OCH3 is 1. The van der Waals surface area contributed by atoms with Crippen molar-refractivity contribution in [2.45, 2.75) is 18.8 Å². The molecule has 0 bridgehead atoms. The van der Waals surface area contributed by atoms with Gasteiger partial charge in [0.15, 0.2) is 5.44 Å². The Hall–Kier alpha value is -1.63. The molecule has 20 heavy (non-hydrogen) atoms. The molecule has 0 aromatic heterocycles. The Kier molecular flexibility index (Phi) is 3.99. The average Bonchev–Trinajstić information content (AvgIpc) is 2.37. The molecule has 6 heteroatoms. The van der Waals surface area contributed by atoms with E-state index in [0.29, 0.717) is 5.56 Å². The van der Waals surface area contributed by atoms with Crippen molar-refractivity contribution >= 4 is 20.9 Å². The highest BCUT2D eigenvalue weighted by Crippen LogP contribution is 2.25. The first-order valence-corrected chi connectivity index (χ1v) is 7.53. The van der Waals surface area contributed by atoms with Crippen LogP contribution in [-0.2, 0) is 16.5 Å². The average molecular weight is 296 g/mol. The predicted octanol–water partition coefficient (Wildman–Crippen LogP) is 1.91. The first kappa shape index (κ1) is 14.8. The SMILES string of the molecule is COc1ccc2cc(CC(O)S(=O)(=O)O)c(C)cc2c1. The van der Waals surface area contributed by atoms with Gasteiger partial charge >= 0.3 is 0 Å². The van der Waals surface area contributed by atoms with Crippen molar-refractivity contribution in [3.63, 3.8) is 0 Å². The van der Waals surface area contributed by atoms with Gasteiger partial charge < -0.3 is 9.84 Å². The van der Waals surface area contributed by atoms with Gasteiger partial charge in [0.2, 0.25) is 0 Å². The fourth-order valence-electron chi connectivity index (χ4n) is 2.08. The number of aryl methyl sites for hydroxylation is 1. The van der Waals surface area contributed by atoms with E-state index in [1.54, 1.807) is 19.2 Å². The highest BCUT2D eigenvalue weighted by molar-refractivity contribution is 7.86. The van der Waals surface area contributed by atoms with Crippen molar-refractivity contribution in [1.29, 1.82) is 0 Å². The fourth-order valence-corrected chi connectivity index (χ4v) is 2.47. The lowest BCUT2D eigenvalue weighted by Gasteiger charge is -2.12. The maximum absolute atomic E-state index is 10.9. The van der Waals surface area contributed by atoms with Crippen molar-refractivity contribution in [2.75, 3.05) is 7.11 Å². The third kappa shape index (κ3) is 3.09. The summed E-state index contributed by atoms with van der Waals surface area (Å²) < 4.78 is 35.7. The zero-order valence-corrected chi connectivity index (χ0v) is 12.0. The predicted molar refractivity (Wildman–Crippen MR) is 76.5 cm³/mol. The summed E-state index contributed by atoms with van der Waals surface area (Å²) in [4.78, 5) is 0. The van der Waals surface area contributed by atoms with Gasteiger partial charge in [0.1, 0.15) is 5.75 Å². The molecule has 0 fully saturated rings. The van der Waals surface area contributed by atoms with E-state index in [1.165, 1.54) is 0 Å². The van der Waals surface area contributed by atoms with E-state index < -0.39 is 15.6 Å². The van der Waals surface area contributed by atoms with Gasteiger partial charge in [-0.3, -0.25) is 4.55 Å². The second-order valence-electron chi connectivity index (χ2n) is 4.67. The lowest BCUT2D eigenvalue weighted by Crippen LogP contribution is -2.22. The Morgan fingerprint density at radius 1 is 1.20 bits per heavy atom. The molecule has 0 saturated carbocycles. The van der Waals surface area contributed by atoms with Crippen LogP contribution >= 0.6 is 0 Å². The third-order valence-corrected chi connectivity index (χ3v) is 4.09. The highest BCUT2D eigenvalue weighted by Gasteiger charge is 2.20. The van der Waals surface area contributed by atoms with Crippen molar-refractivity contribution < 1.29 is 22.8 Å². The monoisotopic (exact) mass is 296 g/mol. The Bertz CT molecular complexity index is 737. The molecule has 0 spiro atoms. The first-order chi connectivity index (χ1) is 9.31. The molecule has 5 nitrogen and oxygen atoms in total. The van der Waals surface area contributed by atoms with E-state index >= 15 is 0 Å². The molecule has 2 rings (SSSR count). The molecular formula is C14H16O5S. The van der Waals surface area contributed by atoms with E-state index in [1.807, 2.05) is 25.1 Å². The second kappa shape index (κ2) is 5.40. The number of benzene rings is 2. The summed E-state index contributed by atoms with van der Waals surface area (Å²) in [5.74, 6) is 0.739. The minimum absolute atomic E-state index is 0.146. The summed E-state index contributed by atoms with van der Waals surface area (Å²) in [6.45, 7) is 1.82. The first-order valence-electron chi connectivity index (χ1n) is 6.03. The van der Waals surface area contributed by atoms with Crippen LogP contribution in [0.5, 0.6) is 5.75 Å². The van der Waals surface area contributed by atoms with Crippen molar-refractivity contribution in [3.05, 3.63) is 41.5 Å². The lowest BCUT2D eigenvalue weighted by atomic mass is 10.00. The standard InChI is InChI=1S/C14H16O5S/c1-9-5-12-7-13(19-2)4-3-10(12)6-11(9)8-14(15)20(16,17)18/h3-7,14-15H,8H2,1-2H3,(H,16,17,18). The molecule has 2 aromatic carbocycles. The minimum atomic E-state index is -4.45. The van der Waals surface area contributed by atoms with Gasteiger partial charge in [0.25, 0.3) is 10.1 Å². The van der Waals surface area contributed by atoms with Crippen LogP contribution in [-0.4, -0.2) is 30.6 Å². The number of ether oxygens (including phenoxy) is 1. The summed E-state index contributed by atoms with van der Waals surface area (Å²) in [7, 11) is -2.86. The summed E-state index contributed by atoms with van der Waals surface area (Å²) in [6, 6.07) is 9.24. The van der Waals surface area contributed by atoms with Crippen LogP contribution in [0.4, 0.5) is 0 Å². The summed E-state index contributed by atoms with van der Waals surface area (Å²) in [6.07, 6.45) is -0.146. The third-order valence-electron chi connectivity index (χ3n) is 3.24. The van der Waals surface area contributed by atoms with E-state index in [-0.39, 0.29) is 6.42 Å². The van der Waals surface area contributed by atoms with Crippen LogP contribution in [0.15, 0.2) is 30.3 Å². The maximum Gasteiger partial charge on any atom is 0.292 e. The fraction of sp³-hybridized carbons (Fsp3) is 0.286. The molecule has 1 atom stereocenters. The molecule has 0 saturated heterocycles. The Balaban J connectivity index is 2.43. The maximum atomic E-state index is 10.9. The van der Waals surface area contributed by atoms with Gasteiger partial charge in [-0.25, -0.2) is 0 Å². The quantitative estimate of drug-likeness (QED) is 0.842. The van der Waals surface area contributed by atoms with Gasteiger partial charge in [-0.05, 0) is 41.0 Å². The van der Waals surface area contributed by atoms with Crippen LogP contribution in [0, 0.1) is 6.92 Å². The molecule has 108 valence electrons. The van der Waals surface area contributed by atoms with Gasteiger partial charge in [-0.2, -0.15) is 8.42 Å². The number of hydrogen-bond donors (Lipinski definition) is 2. The van der Waals surface area contributed by atoms with Crippen LogP contribution in [0.2, 0.25) is 0 Å². The largest absolute Gasteiger partial charge is 0.497 e. The van der Waals surface area contributed by atoms with E-state index in [0.717, 1.165) is 22.1 Å². The number of rotatable bonds is 4. The molecular weight excluding hydrogens is 280 g/mol. The Labute approximate surface area is 117 Å². The molecule has 0 amide bonds. The number of aliphatic hydroxyl groups is 1. The number of fused-ring (bicyclic) bond motifs is 1. The summed E-state index contributed by atoms with van der Waals surface area (Å²) in [5, 5.41) is 11.3. The van der Waals surface area contributed by atoms with Gasteiger partial charge in [-0.1, -0.05) is 18.2 Å². The smallest absolute Gasteiger partial charge is 0.292 e. The van der Waals surface area contributed by atoms with E-state index in [9.17, 15) is 13.5 Å². The van der Waals surface area contributed by atoms with Crippen molar-refractivity contribution in [1.82, 2.24) is 0 Å². The molecule has 1 unspecified atom stereocenters. The zero-order chi connectivity index (χ0) is 14.9. The number of aliphatic hydroxyl groups excluding tert-OH is 1. The van der Waals surface area contributed by atoms with Crippen LogP contribution in [0.25, 0.3) is 10.8 Å². The van der Waals surface area contributed by atoms with Gasteiger partial charge in [0, 0.05) is 6.42 Å². The summed E-state index contributed by atoms with van der Waals surface area (Å²) >= 11 is 0. The zero-order valence-electron chi connectivity index (χ0n) is 11.2. The van der Waals surface area contributed by atoms with E-state index in [4.69, 9.17) is 9.29 Å². The molecule has 2 aromatic rings. The molecule has 0 aliphatic carbocycles. The van der Waals surface area contributed by atoms with Crippen LogP contribution in [0.1, 0.15) is 11.1 Å². The molecule has 0 radical (unpaired) electrons. The topological polar surface area (TPSA) is 83.8 Å². The lowest BCUT2D eigenvalue weighted by molar-refractivity contribution is 0.233.